The molecule has 0 fully saturated rings. The Hall–Kier alpha value is -4.19. The molecule has 0 saturated heterocycles. The van der Waals surface area contributed by atoms with Gasteiger partial charge in [-0.1, -0.05) is 120 Å². The van der Waals surface area contributed by atoms with Crippen molar-refractivity contribution >= 4 is 94.5 Å². The Balaban J connectivity index is 1.19. The molecular formula is C40H24ClNS3. The van der Waals surface area contributed by atoms with Crippen molar-refractivity contribution in [1.82, 2.24) is 0 Å². The van der Waals surface area contributed by atoms with Crippen LogP contribution >= 0.6 is 46.5 Å². The first kappa shape index (κ1) is 27.1. The van der Waals surface area contributed by atoms with Crippen LogP contribution in [0.1, 0.15) is 0 Å². The number of rotatable bonds is 4. The maximum Gasteiger partial charge on any atom is 0.0570 e. The third-order valence-corrected chi connectivity index (χ3v) is 12.5. The van der Waals surface area contributed by atoms with Crippen LogP contribution in [0.25, 0.3) is 42.1 Å². The van der Waals surface area contributed by atoms with Gasteiger partial charge in [0.15, 0.2) is 0 Å². The molecule has 0 saturated carbocycles. The quantitative estimate of drug-likeness (QED) is 0.187. The van der Waals surface area contributed by atoms with Crippen molar-refractivity contribution in [3.05, 3.63) is 151 Å². The Morgan fingerprint density at radius 1 is 0.467 bits per heavy atom. The molecule has 1 aliphatic heterocycles. The van der Waals surface area contributed by atoms with Crippen molar-refractivity contribution in [1.29, 1.82) is 0 Å². The maximum atomic E-state index is 7.30. The van der Waals surface area contributed by atoms with E-state index in [2.05, 4.69) is 150 Å². The number of fused-ring (bicyclic) bond motifs is 7. The predicted octanol–water partition coefficient (Wildman–Crippen LogP) is 13.6. The van der Waals surface area contributed by atoms with Crippen LogP contribution < -0.4 is 4.90 Å². The first-order chi connectivity index (χ1) is 22.2. The topological polar surface area (TPSA) is 3.24 Å². The van der Waals surface area contributed by atoms with Gasteiger partial charge < -0.3 is 4.90 Å². The smallest absolute Gasteiger partial charge is 0.0570 e. The zero-order valence-corrected chi connectivity index (χ0v) is 27.1. The number of hydrogen-bond donors (Lipinski definition) is 0. The molecule has 0 spiro atoms. The number of para-hydroxylation sites is 1. The van der Waals surface area contributed by atoms with Crippen LogP contribution in [0.3, 0.4) is 0 Å². The summed E-state index contributed by atoms with van der Waals surface area (Å²) in [6, 6.07) is 52.2. The van der Waals surface area contributed by atoms with Gasteiger partial charge in [0.25, 0.3) is 0 Å². The molecule has 2 heterocycles. The number of halogens is 1. The monoisotopic (exact) mass is 649 g/mol. The van der Waals surface area contributed by atoms with E-state index in [0.717, 1.165) is 38.6 Å². The van der Waals surface area contributed by atoms with Gasteiger partial charge in [-0.15, -0.1) is 11.3 Å². The standard InChI is InChI=1S/C40H24ClNS3/c41-39-29-12-4-5-13-30(29)40-38(31-14-6-7-15-32(31)45-40)37(39)25-18-20-27(21-19-25)42(26-10-2-1-3-11-26)28-22-23-35-36(24-28)44-34-17-9-8-16-33(34)43-35/h1-24H. The predicted molar refractivity (Wildman–Crippen MR) is 197 cm³/mol. The summed E-state index contributed by atoms with van der Waals surface area (Å²) < 4.78 is 2.56. The summed E-state index contributed by atoms with van der Waals surface area (Å²) in [7, 11) is 0. The summed E-state index contributed by atoms with van der Waals surface area (Å²) in [6.45, 7) is 0. The molecule has 1 nitrogen and oxygen atoms in total. The van der Waals surface area contributed by atoms with E-state index in [0.29, 0.717) is 0 Å². The van der Waals surface area contributed by atoms with Gasteiger partial charge in [-0.3, -0.25) is 0 Å². The van der Waals surface area contributed by atoms with Crippen LogP contribution in [0.4, 0.5) is 17.1 Å². The Morgan fingerprint density at radius 3 is 1.82 bits per heavy atom. The van der Waals surface area contributed by atoms with Crippen molar-refractivity contribution in [2.45, 2.75) is 19.6 Å². The molecular weight excluding hydrogens is 626 g/mol. The lowest BCUT2D eigenvalue weighted by atomic mass is 9.95. The highest BCUT2D eigenvalue weighted by molar-refractivity contribution is 8.05. The molecule has 0 bridgehead atoms. The van der Waals surface area contributed by atoms with Crippen LogP contribution in [0.5, 0.6) is 0 Å². The summed E-state index contributed by atoms with van der Waals surface area (Å²) in [5, 5.41) is 5.59. The summed E-state index contributed by atoms with van der Waals surface area (Å²) in [6.07, 6.45) is 0. The fourth-order valence-electron chi connectivity index (χ4n) is 6.33. The number of nitrogens with zero attached hydrogens (tertiary/aromatic N) is 1. The molecule has 8 aromatic rings. The van der Waals surface area contributed by atoms with Crippen LogP contribution in [0.15, 0.2) is 165 Å². The second-order valence-electron chi connectivity index (χ2n) is 11.0. The Labute approximate surface area is 279 Å². The third-order valence-electron chi connectivity index (χ3n) is 8.38. The van der Waals surface area contributed by atoms with Crippen molar-refractivity contribution in [2.75, 3.05) is 4.90 Å². The van der Waals surface area contributed by atoms with Crippen molar-refractivity contribution in [2.24, 2.45) is 0 Å². The molecule has 5 heteroatoms. The summed E-state index contributed by atoms with van der Waals surface area (Å²) in [5.41, 5.74) is 5.57. The van der Waals surface area contributed by atoms with E-state index in [1.807, 2.05) is 34.9 Å². The highest BCUT2D eigenvalue weighted by atomic mass is 35.5. The lowest BCUT2D eigenvalue weighted by Crippen LogP contribution is -2.10. The van der Waals surface area contributed by atoms with E-state index in [9.17, 15) is 0 Å². The van der Waals surface area contributed by atoms with Crippen LogP contribution in [0.2, 0.25) is 5.02 Å². The van der Waals surface area contributed by atoms with E-state index in [1.54, 1.807) is 0 Å². The average molecular weight is 650 g/mol. The fraction of sp³-hybridized carbons (Fsp3) is 0. The van der Waals surface area contributed by atoms with Crippen molar-refractivity contribution in [3.63, 3.8) is 0 Å². The largest absolute Gasteiger partial charge is 0.310 e. The molecule has 1 aliphatic rings. The van der Waals surface area contributed by atoms with E-state index in [-0.39, 0.29) is 0 Å². The van der Waals surface area contributed by atoms with E-state index < -0.39 is 0 Å². The molecule has 0 aliphatic carbocycles. The van der Waals surface area contributed by atoms with Crippen LogP contribution in [-0.4, -0.2) is 0 Å². The minimum atomic E-state index is 0.804. The maximum absolute atomic E-state index is 7.30. The number of hydrogen-bond acceptors (Lipinski definition) is 4. The summed E-state index contributed by atoms with van der Waals surface area (Å²) in [4.78, 5) is 7.54. The SMILES string of the molecule is Clc1c(-c2ccc(N(c3ccccc3)c3ccc4c(c3)Sc3ccccc3S4)cc2)c2c3ccccc3sc2c2ccccc12. The van der Waals surface area contributed by atoms with Crippen molar-refractivity contribution in [3.8, 4) is 11.1 Å². The second kappa shape index (κ2) is 11.0. The Morgan fingerprint density at radius 2 is 1.04 bits per heavy atom. The van der Waals surface area contributed by atoms with Gasteiger partial charge in [0, 0.05) is 73.2 Å². The second-order valence-corrected chi connectivity index (χ2v) is 14.6. The molecule has 9 rings (SSSR count). The van der Waals surface area contributed by atoms with Gasteiger partial charge in [0.1, 0.15) is 0 Å². The van der Waals surface area contributed by atoms with Gasteiger partial charge in [-0.25, -0.2) is 0 Å². The van der Waals surface area contributed by atoms with Gasteiger partial charge in [-0.05, 0) is 66.2 Å². The molecule has 7 aromatic carbocycles. The average Bonchev–Trinajstić information content (AvgIpc) is 3.48. The minimum absolute atomic E-state index is 0.804. The van der Waals surface area contributed by atoms with Gasteiger partial charge in [0.05, 0.1) is 5.02 Å². The van der Waals surface area contributed by atoms with Crippen LogP contribution in [-0.2, 0) is 0 Å². The minimum Gasteiger partial charge on any atom is -0.310 e. The Bertz CT molecular complexity index is 2400. The number of benzene rings is 7. The lowest BCUT2D eigenvalue weighted by Gasteiger charge is -2.27. The molecule has 1 aromatic heterocycles. The zero-order valence-electron chi connectivity index (χ0n) is 23.9. The number of anilines is 3. The Kier molecular flexibility index (Phi) is 6.64. The third kappa shape index (κ3) is 4.55. The van der Waals surface area contributed by atoms with Crippen molar-refractivity contribution < 1.29 is 0 Å². The van der Waals surface area contributed by atoms with Gasteiger partial charge in [-0.2, -0.15) is 0 Å². The van der Waals surface area contributed by atoms with Gasteiger partial charge in [0.2, 0.25) is 0 Å². The summed E-state index contributed by atoms with van der Waals surface area (Å²) >= 11 is 12.8. The van der Waals surface area contributed by atoms with E-state index in [1.165, 1.54) is 45.1 Å². The van der Waals surface area contributed by atoms with Gasteiger partial charge >= 0.3 is 0 Å². The first-order valence-electron chi connectivity index (χ1n) is 14.8. The summed E-state index contributed by atoms with van der Waals surface area (Å²) in [5.74, 6) is 0. The fourth-order valence-corrected chi connectivity index (χ4v) is 10.2. The molecule has 0 amide bonds. The van der Waals surface area contributed by atoms with E-state index in [4.69, 9.17) is 11.6 Å². The molecule has 0 atom stereocenters. The number of thiophene rings is 1. The highest BCUT2D eigenvalue weighted by Crippen LogP contribution is 2.51. The molecule has 0 unspecified atom stereocenters. The van der Waals surface area contributed by atoms with E-state index >= 15 is 0 Å². The highest BCUT2D eigenvalue weighted by Gasteiger charge is 2.22. The van der Waals surface area contributed by atoms with Crippen LogP contribution in [0, 0.1) is 0 Å². The molecule has 0 N–H and O–H groups in total. The molecule has 45 heavy (non-hydrogen) atoms. The first-order valence-corrected chi connectivity index (χ1v) is 17.6. The zero-order chi connectivity index (χ0) is 29.9. The lowest BCUT2D eigenvalue weighted by molar-refractivity contribution is 1.14. The molecule has 0 radical (unpaired) electrons. The molecule has 214 valence electrons. The normalized spacial score (nSPS) is 12.4.